The van der Waals surface area contributed by atoms with Crippen LogP contribution in [0, 0.1) is 6.92 Å². The summed E-state index contributed by atoms with van der Waals surface area (Å²) in [4.78, 5) is 18.5. The lowest BCUT2D eigenvalue weighted by molar-refractivity contribution is -0.0974. The van der Waals surface area contributed by atoms with E-state index in [4.69, 9.17) is 14.2 Å². The van der Waals surface area contributed by atoms with Crippen LogP contribution < -0.4 is 10.1 Å². The van der Waals surface area contributed by atoms with Crippen molar-refractivity contribution in [1.29, 1.82) is 0 Å². The Morgan fingerprint density at radius 3 is 2.50 bits per heavy atom. The summed E-state index contributed by atoms with van der Waals surface area (Å²) < 4.78 is 17.3. The summed E-state index contributed by atoms with van der Waals surface area (Å²) in [5.41, 5.74) is 2.70. The van der Waals surface area contributed by atoms with E-state index in [-0.39, 0.29) is 12.5 Å². The fourth-order valence-corrected chi connectivity index (χ4v) is 3.61. The van der Waals surface area contributed by atoms with Crippen LogP contribution in [-0.4, -0.2) is 49.5 Å². The van der Waals surface area contributed by atoms with Gasteiger partial charge in [-0.2, -0.15) is 0 Å². The Labute approximate surface area is 155 Å². The van der Waals surface area contributed by atoms with Crippen LogP contribution in [-0.2, 0) is 9.47 Å². The first kappa shape index (κ1) is 18.4. The number of aromatic nitrogens is 2. The summed E-state index contributed by atoms with van der Waals surface area (Å²) >= 11 is 1.36. The highest BCUT2D eigenvalue weighted by Crippen LogP contribution is 2.28. The summed E-state index contributed by atoms with van der Waals surface area (Å²) in [5, 5.41) is 2.82. The van der Waals surface area contributed by atoms with Crippen molar-refractivity contribution in [1.82, 2.24) is 14.7 Å². The normalized spacial score (nSPS) is 11.3. The van der Waals surface area contributed by atoms with Crippen LogP contribution in [0.1, 0.15) is 15.4 Å². The molecule has 1 aromatic carbocycles. The van der Waals surface area contributed by atoms with E-state index in [0.717, 1.165) is 27.7 Å². The van der Waals surface area contributed by atoms with Crippen molar-refractivity contribution >= 4 is 22.2 Å². The van der Waals surface area contributed by atoms with Crippen molar-refractivity contribution in [3.8, 4) is 17.0 Å². The average molecular weight is 375 g/mol. The smallest absolute Gasteiger partial charge is 0.263 e. The van der Waals surface area contributed by atoms with Crippen molar-refractivity contribution in [3.63, 3.8) is 0 Å². The molecule has 1 amide bonds. The number of nitrogens with one attached hydrogen (secondary N) is 1. The maximum Gasteiger partial charge on any atom is 0.263 e. The van der Waals surface area contributed by atoms with Gasteiger partial charge in [0.15, 0.2) is 11.3 Å². The van der Waals surface area contributed by atoms with E-state index in [1.165, 1.54) is 25.6 Å². The zero-order chi connectivity index (χ0) is 18.7. The van der Waals surface area contributed by atoms with Crippen molar-refractivity contribution < 1.29 is 19.0 Å². The van der Waals surface area contributed by atoms with Gasteiger partial charge < -0.3 is 19.5 Å². The van der Waals surface area contributed by atoms with E-state index in [1.54, 1.807) is 7.11 Å². The maximum absolute atomic E-state index is 12.4. The molecule has 0 atom stereocenters. The number of nitrogens with zero attached hydrogens (tertiary/aromatic N) is 2. The zero-order valence-corrected chi connectivity index (χ0v) is 15.9. The molecule has 0 spiro atoms. The van der Waals surface area contributed by atoms with E-state index in [2.05, 4.69) is 10.3 Å². The Bertz CT molecular complexity index is 897. The van der Waals surface area contributed by atoms with E-state index in [9.17, 15) is 4.79 Å². The van der Waals surface area contributed by atoms with Gasteiger partial charge in [-0.25, -0.2) is 4.98 Å². The number of carbonyl (C=O) groups excluding carboxylic acids is 1. The fraction of sp³-hybridized carbons (Fsp3) is 0.333. The second-order valence-corrected chi connectivity index (χ2v) is 6.61. The summed E-state index contributed by atoms with van der Waals surface area (Å²) in [6.07, 6.45) is 1.47. The third kappa shape index (κ3) is 3.57. The molecule has 1 N–H and O–H groups in total. The Morgan fingerprint density at radius 2 is 1.92 bits per heavy atom. The summed E-state index contributed by atoms with van der Waals surface area (Å²) in [6, 6.07) is 7.72. The molecule has 0 saturated heterocycles. The Balaban J connectivity index is 1.81. The molecule has 0 saturated carbocycles. The molecular weight excluding hydrogens is 354 g/mol. The van der Waals surface area contributed by atoms with Crippen LogP contribution >= 0.6 is 11.3 Å². The molecule has 0 aliphatic carbocycles. The van der Waals surface area contributed by atoms with Crippen LogP contribution in [0.5, 0.6) is 5.75 Å². The number of imidazole rings is 1. The predicted octanol–water partition coefficient (Wildman–Crippen LogP) is 2.73. The van der Waals surface area contributed by atoms with Gasteiger partial charge in [0.1, 0.15) is 10.6 Å². The summed E-state index contributed by atoms with van der Waals surface area (Å²) in [7, 11) is 4.70. The molecule has 8 heteroatoms. The third-order valence-corrected chi connectivity index (χ3v) is 5.26. The highest BCUT2D eigenvalue weighted by Gasteiger charge is 2.19. The minimum Gasteiger partial charge on any atom is -0.497 e. The molecule has 0 fully saturated rings. The number of benzene rings is 1. The number of aryl methyl sites for hydroxylation is 1. The van der Waals surface area contributed by atoms with Crippen LogP contribution in [0.15, 0.2) is 30.5 Å². The van der Waals surface area contributed by atoms with Crippen molar-refractivity contribution in [2.24, 2.45) is 0 Å². The van der Waals surface area contributed by atoms with Gasteiger partial charge in [-0.05, 0) is 31.2 Å². The van der Waals surface area contributed by atoms with Crippen LogP contribution in [0.4, 0.5) is 0 Å². The SMILES string of the molecule is COc1ccc(-c2cn3c(C)c(C(=O)NCC(OC)OC)sc3n2)cc1. The number of carbonyl (C=O) groups is 1. The Morgan fingerprint density at radius 1 is 1.23 bits per heavy atom. The quantitative estimate of drug-likeness (QED) is 0.643. The first-order valence-corrected chi connectivity index (χ1v) is 8.85. The van der Waals surface area contributed by atoms with Gasteiger partial charge >= 0.3 is 0 Å². The number of amides is 1. The van der Waals surface area contributed by atoms with E-state index in [0.29, 0.717) is 4.88 Å². The second kappa shape index (κ2) is 7.86. The topological polar surface area (TPSA) is 74.1 Å². The van der Waals surface area contributed by atoms with E-state index < -0.39 is 6.29 Å². The molecule has 2 heterocycles. The zero-order valence-electron chi connectivity index (χ0n) is 15.1. The second-order valence-electron chi connectivity index (χ2n) is 5.63. The van der Waals surface area contributed by atoms with Gasteiger partial charge in [0.05, 0.1) is 19.3 Å². The molecule has 0 radical (unpaired) electrons. The minimum absolute atomic E-state index is 0.164. The largest absolute Gasteiger partial charge is 0.497 e. The van der Waals surface area contributed by atoms with Gasteiger partial charge in [-0.3, -0.25) is 9.20 Å². The first-order valence-electron chi connectivity index (χ1n) is 8.04. The van der Waals surface area contributed by atoms with Gasteiger partial charge in [-0.1, -0.05) is 11.3 Å². The lowest BCUT2D eigenvalue weighted by atomic mass is 10.2. The number of hydrogen-bond donors (Lipinski definition) is 1. The monoisotopic (exact) mass is 375 g/mol. The lowest BCUT2D eigenvalue weighted by Gasteiger charge is -2.13. The molecule has 0 unspecified atom stereocenters. The Hall–Kier alpha value is -2.42. The van der Waals surface area contributed by atoms with Gasteiger partial charge in [-0.15, -0.1) is 0 Å². The van der Waals surface area contributed by atoms with E-state index >= 15 is 0 Å². The third-order valence-electron chi connectivity index (χ3n) is 4.10. The highest BCUT2D eigenvalue weighted by atomic mass is 32.1. The van der Waals surface area contributed by atoms with Crippen LogP contribution in [0.3, 0.4) is 0 Å². The number of methoxy groups -OCH3 is 3. The minimum atomic E-state index is -0.468. The average Bonchev–Trinajstić information content (AvgIpc) is 3.22. The molecule has 3 aromatic rings. The summed E-state index contributed by atoms with van der Waals surface area (Å²) in [6.45, 7) is 2.19. The number of fused-ring (bicyclic) bond motifs is 1. The number of hydrogen-bond acceptors (Lipinski definition) is 6. The molecular formula is C18H21N3O4S. The first-order chi connectivity index (χ1) is 12.6. The lowest BCUT2D eigenvalue weighted by Crippen LogP contribution is -2.34. The van der Waals surface area contributed by atoms with Crippen molar-refractivity contribution in [2.75, 3.05) is 27.9 Å². The molecule has 138 valence electrons. The number of ether oxygens (including phenoxy) is 3. The van der Waals surface area contributed by atoms with Crippen LogP contribution in [0.2, 0.25) is 0 Å². The van der Waals surface area contributed by atoms with Gasteiger partial charge in [0, 0.05) is 31.7 Å². The standard InChI is InChI=1S/C18H21N3O4S/c1-11-16(17(22)19-9-15(24-3)25-4)26-18-20-14(10-21(11)18)12-5-7-13(23-2)8-6-12/h5-8,10,15H,9H2,1-4H3,(H,19,22). The number of rotatable bonds is 7. The summed E-state index contributed by atoms with van der Waals surface area (Å²) in [5.74, 6) is 0.637. The number of thiazole rings is 1. The fourth-order valence-electron chi connectivity index (χ4n) is 2.58. The van der Waals surface area contributed by atoms with Gasteiger partial charge in [0.2, 0.25) is 0 Å². The molecule has 2 aromatic heterocycles. The Kier molecular flexibility index (Phi) is 5.55. The van der Waals surface area contributed by atoms with Crippen molar-refractivity contribution in [3.05, 3.63) is 41.0 Å². The molecule has 0 aliphatic heterocycles. The molecule has 7 nitrogen and oxygen atoms in total. The van der Waals surface area contributed by atoms with Gasteiger partial charge in [0.25, 0.3) is 5.91 Å². The predicted molar refractivity (Wildman–Crippen MR) is 99.9 cm³/mol. The van der Waals surface area contributed by atoms with Crippen LogP contribution in [0.25, 0.3) is 16.2 Å². The van der Waals surface area contributed by atoms with Crippen molar-refractivity contribution in [2.45, 2.75) is 13.2 Å². The highest BCUT2D eigenvalue weighted by molar-refractivity contribution is 7.19. The molecule has 26 heavy (non-hydrogen) atoms. The van der Waals surface area contributed by atoms with E-state index in [1.807, 2.05) is 41.8 Å². The maximum atomic E-state index is 12.4. The molecule has 0 bridgehead atoms. The molecule has 0 aliphatic rings. The molecule has 3 rings (SSSR count).